The van der Waals surface area contributed by atoms with Crippen LogP contribution in [0.15, 0.2) is 53.3 Å². The average molecular weight is 330 g/mol. The molecule has 2 heterocycles. The van der Waals surface area contributed by atoms with E-state index >= 15 is 0 Å². The first-order valence-corrected chi connectivity index (χ1v) is 6.91. The van der Waals surface area contributed by atoms with E-state index in [-0.39, 0.29) is 5.91 Å². The number of nitrogens with one attached hydrogen (secondary N) is 1. The number of aromatic nitrogens is 2. The largest absolute Gasteiger partial charge is 0.361 e. The van der Waals surface area contributed by atoms with Crippen molar-refractivity contribution in [3.8, 4) is 0 Å². The number of benzene rings is 1. The van der Waals surface area contributed by atoms with Crippen molar-refractivity contribution in [3.63, 3.8) is 0 Å². The predicted octanol–water partition coefficient (Wildman–Crippen LogP) is 3.60. The van der Waals surface area contributed by atoms with Gasteiger partial charge in [-0.2, -0.15) is 0 Å². The number of anilines is 1. The zero-order valence-corrected chi connectivity index (χ0v) is 12.4. The molecule has 2 aromatic heterocycles. The van der Waals surface area contributed by atoms with E-state index in [9.17, 15) is 4.79 Å². The molecule has 1 amide bonds. The molecule has 0 unspecified atom stereocenters. The zero-order chi connectivity index (χ0) is 14.1. The van der Waals surface area contributed by atoms with Gasteiger partial charge in [0.05, 0.1) is 0 Å². The van der Waals surface area contributed by atoms with E-state index in [0.717, 1.165) is 21.1 Å². The molecule has 100 valence electrons. The van der Waals surface area contributed by atoms with Crippen LogP contribution in [0.1, 0.15) is 10.5 Å². The summed E-state index contributed by atoms with van der Waals surface area (Å²) >= 11 is 3.31. The molecule has 3 aromatic rings. The van der Waals surface area contributed by atoms with Gasteiger partial charge < -0.3 is 9.88 Å². The molecule has 0 aliphatic rings. The van der Waals surface area contributed by atoms with Crippen LogP contribution in [0.2, 0.25) is 0 Å². The molecular weight excluding hydrogens is 318 g/mol. The van der Waals surface area contributed by atoms with Gasteiger partial charge in [-0.3, -0.25) is 4.79 Å². The first-order chi connectivity index (χ1) is 9.65. The maximum atomic E-state index is 12.4. The summed E-state index contributed by atoms with van der Waals surface area (Å²) < 4.78 is 0.851. The second kappa shape index (κ2) is 5.09. The number of amides is 1. The van der Waals surface area contributed by atoms with Gasteiger partial charge in [-0.25, -0.2) is 4.98 Å². The normalized spacial score (nSPS) is 10.7. The lowest BCUT2D eigenvalue weighted by Crippen LogP contribution is -2.26. The molecule has 20 heavy (non-hydrogen) atoms. The lowest BCUT2D eigenvalue weighted by molar-refractivity contribution is 0.0988. The third kappa shape index (κ3) is 2.32. The SMILES string of the molecule is CN(C(=O)c1ccc(Br)cn1)c1ccc2cc[nH]c2c1. The van der Waals surface area contributed by atoms with E-state index in [1.807, 2.05) is 36.5 Å². The first kappa shape index (κ1) is 12.9. The second-order valence-corrected chi connectivity index (χ2v) is 5.39. The minimum Gasteiger partial charge on any atom is -0.361 e. The van der Waals surface area contributed by atoms with Gasteiger partial charge in [-0.15, -0.1) is 0 Å². The van der Waals surface area contributed by atoms with Crippen LogP contribution < -0.4 is 4.90 Å². The van der Waals surface area contributed by atoms with Crippen LogP contribution in [0, 0.1) is 0 Å². The Bertz CT molecular complexity index is 764. The third-order valence-corrected chi connectivity index (χ3v) is 3.65. The Balaban J connectivity index is 1.92. The van der Waals surface area contributed by atoms with Crippen LogP contribution >= 0.6 is 15.9 Å². The third-order valence-electron chi connectivity index (χ3n) is 3.18. The number of hydrogen-bond acceptors (Lipinski definition) is 2. The molecule has 5 heteroatoms. The number of fused-ring (bicyclic) bond motifs is 1. The van der Waals surface area contributed by atoms with E-state index in [1.54, 1.807) is 24.2 Å². The van der Waals surface area contributed by atoms with Gasteiger partial charge in [0, 0.05) is 35.1 Å². The van der Waals surface area contributed by atoms with Crippen molar-refractivity contribution >= 4 is 38.4 Å². The second-order valence-electron chi connectivity index (χ2n) is 4.48. The summed E-state index contributed by atoms with van der Waals surface area (Å²) in [6.07, 6.45) is 3.50. The monoisotopic (exact) mass is 329 g/mol. The molecule has 0 radical (unpaired) electrons. The minimum absolute atomic E-state index is 0.136. The fourth-order valence-corrected chi connectivity index (χ4v) is 2.27. The summed E-state index contributed by atoms with van der Waals surface area (Å²) in [6, 6.07) is 11.4. The highest BCUT2D eigenvalue weighted by Crippen LogP contribution is 2.21. The van der Waals surface area contributed by atoms with Gasteiger partial charge in [0.25, 0.3) is 5.91 Å². The summed E-state index contributed by atoms with van der Waals surface area (Å²) in [7, 11) is 1.75. The number of aromatic amines is 1. The Morgan fingerprint density at radius 1 is 1.25 bits per heavy atom. The Kier molecular flexibility index (Phi) is 3.28. The summed E-state index contributed by atoms with van der Waals surface area (Å²) in [4.78, 5) is 21.2. The number of rotatable bonds is 2. The predicted molar refractivity (Wildman–Crippen MR) is 83.0 cm³/mol. The molecule has 0 saturated carbocycles. The van der Waals surface area contributed by atoms with Crippen molar-refractivity contribution in [2.45, 2.75) is 0 Å². The Labute approximate surface area is 124 Å². The summed E-state index contributed by atoms with van der Waals surface area (Å²) in [5.74, 6) is -0.136. The number of H-pyrrole nitrogens is 1. The molecular formula is C15H12BrN3O. The molecule has 0 fully saturated rings. The van der Waals surface area contributed by atoms with Gasteiger partial charge in [0.1, 0.15) is 5.69 Å². The van der Waals surface area contributed by atoms with Crippen molar-refractivity contribution in [2.75, 3.05) is 11.9 Å². The van der Waals surface area contributed by atoms with E-state index in [1.165, 1.54) is 0 Å². The quantitative estimate of drug-likeness (QED) is 0.780. The van der Waals surface area contributed by atoms with E-state index < -0.39 is 0 Å². The lowest BCUT2D eigenvalue weighted by atomic mass is 10.2. The molecule has 0 atom stereocenters. The molecule has 0 aliphatic heterocycles. The molecule has 1 aromatic carbocycles. The van der Waals surface area contributed by atoms with E-state index in [4.69, 9.17) is 0 Å². The van der Waals surface area contributed by atoms with Crippen molar-refractivity contribution < 1.29 is 4.79 Å². The highest BCUT2D eigenvalue weighted by Gasteiger charge is 2.15. The van der Waals surface area contributed by atoms with Crippen molar-refractivity contribution in [2.24, 2.45) is 0 Å². The Morgan fingerprint density at radius 3 is 2.85 bits per heavy atom. The number of nitrogens with zero attached hydrogens (tertiary/aromatic N) is 2. The lowest BCUT2D eigenvalue weighted by Gasteiger charge is -2.17. The molecule has 4 nitrogen and oxygen atoms in total. The van der Waals surface area contributed by atoms with Crippen molar-refractivity contribution in [1.29, 1.82) is 0 Å². The standard InChI is InChI=1S/C15H12BrN3O/c1-19(15(20)13-5-3-11(16)9-18-13)12-4-2-10-6-7-17-14(10)8-12/h2-9,17H,1H3. The molecule has 3 rings (SSSR count). The van der Waals surface area contributed by atoms with Gasteiger partial charge in [-0.05, 0) is 51.6 Å². The van der Waals surface area contributed by atoms with Crippen LogP contribution in [0.25, 0.3) is 10.9 Å². The number of carbonyl (C=O) groups excluding carboxylic acids is 1. The number of halogens is 1. The first-order valence-electron chi connectivity index (χ1n) is 6.12. The molecule has 1 N–H and O–H groups in total. The summed E-state index contributed by atoms with van der Waals surface area (Å²) in [5, 5.41) is 1.12. The fraction of sp³-hybridized carbons (Fsp3) is 0.0667. The van der Waals surface area contributed by atoms with Crippen LogP contribution in [0.4, 0.5) is 5.69 Å². The maximum Gasteiger partial charge on any atom is 0.276 e. The van der Waals surface area contributed by atoms with Crippen LogP contribution in [-0.4, -0.2) is 22.9 Å². The minimum atomic E-state index is -0.136. The number of pyridine rings is 1. The maximum absolute atomic E-state index is 12.4. The van der Waals surface area contributed by atoms with Crippen LogP contribution in [0.5, 0.6) is 0 Å². The highest BCUT2D eigenvalue weighted by molar-refractivity contribution is 9.10. The molecule has 0 bridgehead atoms. The topological polar surface area (TPSA) is 49.0 Å². The highest BCUT2D eigenvalue weighted by atomic mass is 79.9. The van der Waals surface area contributed by atoms with Gasteiger partial charge in [0.2, 0.25) is 0 Å². The van der Waals surface area contributed by atoms with Gasteiger partial charge in [0.15, 0.2) is 0 Å². The summed E-state index contributed by atoms with van der Waals surface area (Å²) in [5.41, 5.74) is 2.25. The molecule has 0 aliphatic carbocycles. The van der Waals surface area contributed by atoms with Crippen molar-refractivity contribution in [3.05, 3.63) is 59.0 Å². The smallest absolute Gasteiger partial charge is 0.276 e. The van der Waals surface area contributed by atoms with Crippen molar-refractivity contribution in [1.82, 2.24) is 9.97 Å². The summed E-state index contributed by atoms with van der Waals surface area (Å²) in [6.45, 7) is 0. The Morgan fingerprint density at radius 2 is 2.10 bits per heavy atom. The fourth-order valence-electron chi connectivity index (χ4n) is 2.04. The van der Waals surface area contributed by atoms with Gasteiger partial charge >= 0.3 is 0 Å². The van der Waals surface area contributed by atoms with Gasteiger partial charge in [-0.1, -0.05) is 6.07 Å². The number of carbonyl (C=O) groups is 1. The molecule has 0 spiro atoms. The average Bonchev–Trinajstić information content (AvgIpc) is 2.94. The van der Waals surface area contributed by atoms with Crippen LogP contribution in [0.3, 0.4) is 0 Å². The van der Waals surface area contributed by atoms with E-state index in [0.29, 0.717) is 5.69 Å². The Hall–Kier alpha value is -2.14. The number of hydrogen-bond donors (Lipinski definition) is 1. The molecule has 0 saturated heterocycles. The van der Waals surface area contributed by atoms with Crippen LogP contribution in [-0.2, 0) is 0 Å². The van der Waals surface area contributed by atoms with E-state index in [2.05, 4.69) is 25.9 Å². The zero-order valence-electron chi connectivity index (χ0n) is 10.8.